The Hall–Kier alpha value is -2.23. The maximum atomic E-state index is 13.3. The summed E-state index contributed by atoms with van der Waals surface area (Å²) in [4.78, 5) is 38.8. The predicted octanol–water partition coefficient (Wildman–Crippen LogP) is 12.0. The topological polar surface area (TPSA) is 115 Å². The molecule has 9 nitrogen and oxygen atoms in total. The molecule has 0 aromatic heterocycles. The van der Waals surface area contributed by atoms with E-state index in [0.717, 1.165) is 58.0 Å². The summed E-state index contributed by atoms with van der Waals surface area (Å²) in [6, 6.07) is -0.579. The molecule has 0 saturated heterocycles. The standard InChI is InChI=1S/C52H95N3O6/c1-8-37-59-39-41-61-42-40-60-38-25-36-54-50(58)47(55-49(57)32-20-16-12-10-14-18-29-46-44(3)27-24-34-52(46,6)7)30-21-22-35-53-48(56)31-19-15-11-9-13-17-28-45-43(2)26-23-33-51(45,4)5/h47H,8-42H2,1-7H3,(H,53,56)(H,54,58)(H,55,57)/t47-/m0/s1. The van der Waals surface area contributed by atoms with E-state index in [0.29, 0.717) is 82.6 Å². The number of carbonyl (C=O) groups is 3. The Balaban J connectivity index is 1.62. The molecular weight excluding hydrogens is 763 g/mol. The van der Waals surface area contributed by atoms with Crippen molar-refractivity contribution in [2.45, 2.75) is 228 Å². The van der Waals surface area contributed by atoms with E-state index in [2.05, 4.69) is 64.4 Å². The van der Waals surface area contributed by atoms with Gasteiger partial charge in [0.05, 0.1) is 26.4 Å². The molecule has 61 heavy (non-hydrogen) atoms. The summed E-state index contributed by atoms with van der Waals surface area (Å²) in [5.74, 6) is -0.0937. The van der Waals surface area contributed by atoms with Crippen LogP contribution in [0.2, 0.25) is 0 Å². The van der Waals surface area contributed by atoms with Gasteiger partial charge in [-0.2, -0.15) is 0 Å². The lowest BCUT2D eigenvalue weighted by Gasteiger charge is -2.34. The van der Waals surface area contributed by atoms with Gasteiger partial charge < -0.3 is 30.2 Å². The van der Waals surface area contributed by atoms with Gasteiger partial charge in [0, 0.05) is 39.1 Å². The van der Waals surface area contributed by atoms with E-state index < -0.39 is 6.04 Å². The van der Waals surface area contributed by atoms with Crippen LogP contribution in [0.4, 0.5) is 0 Å². The van der Waals surface area contributed by atoms with Gasteiger partial charge in [0.15, 0.2) is 0 Å². The summed E-state index contributed by atoms with van der Waals surface area (Å²) in [6.45, 7) is 21.0. The van der Waals surface area contributed by atoms with Crippen LogP contribution in [0.1, 0.15) is 222 Å². The number of carbonyl (C=O) groups excluding carboxylic acids is 3. The zero-order valence-electron chi connectivity index (χ0n) is 40.8. The minimum Gasteiger partial charge on any atom is -0.379 e. The first kappa shape index (κ1) is 54.9. The third kappa shape index (κ3) is 25.6. The number of hydrogen-bond acceptors (Lipinski definition) is 6. The quantitative estimate of drug-likeness (QED) is 0.0423. The molecule has 0 aromatic carbocycles. The SMILES string of the molecule is CCCOCCOCCOCCCNC(=O)[C@H](CCCCNC(=O)CCCCCCCCC1=C(C)CCCC1(C)C)NC(=O)CCCCCCCCC1=C(C)CCCC1(C)C. The highest BCUT2D eigenvalue weighted by Crippen LogP contribution is 2.43. The van der Waals surface area contributed by atoms with Gasteiger partial charge in [0.1, 0.15) is 6.04 Å². The fourth-order valence-corrected chi connectivity index (χ4v) is 9.56. The second-order valence-corrected chi connectivity index (χ2v) is 19.7. The molecule has 0 radical (unpaired) electrons. The highest BCUT2D eigenvalue weighted by molar-refractivity contribution is 5.87. The van der Waals surface area contributed by atoms with E-state index >= 15 is 0 Å². The van der Waals surface area contributed by atoms with E-state index in [1.54, 1.807) is 22.3 Å². The van der Waals surface area contributed by atoms with Gasteiger partial charge in [0.2, 0.25) is 17.7 Å². The molecule has 354 valence electrons. The van der Waals surface area contributed by atoms with Crippen LogP contribution in [-0.2, 0) is 28.6 Å². The third-order valence-corrected chi connectivity index (χ3v) is 13.3. The molecule has 0 saturated carbocycles. The second kappa shape index (κ2) is 33.3. The lowest BCUT2D eigenvalue weighted by molar-refractivity contribution is -0.129. The normalized spacial score (nSPS) is 16.8. The maximum absolute atomic E-state index is 13.3. The minimum atomic E-state index is -0.579. The molecule has 9 heteroatoms. The lowest BCUT2D eigenvalue weighted by Crippen LogP contribution is -2.47. The zero-order valence-corrected chi connectivity index (χ0v) is 40.8. The first-order valence-corrected chi connectivity index (χ1v) is 25.3. The molecule has 0 spiro atoms. The highest BCUT2D eigenvalue weighted by atomic mass is 16.5. The number of unbranched alkanes of at least 4 members (excludes halogenated alkanes) is 11. The summed E-state index contributed by atoms with van der Waals surface area (Å²) in [5.41, 5.74) is 7.40. The van der Waals surface area contributed by atoms with Crippen molar-refractivity contribution in [3.05, 3.63) is 22.3 Å². The fourth-order valence-electron chi connectivity index (χ4n) is 9.56. The molecule has 0 aromatic rings. The van der Waals surface area contributed by atoms with Crippen molar-refractivity contribution in [1.82, 2.24) is 16.0 Å². The van der Waals surface area contributed by atoms with E-state index in [-0.39, 0.29) is 17.7 Å². The molecule has 3 N–H and O–H groups in total. The molecule has 0 unspecified atom stereocenters. The lowest BCUT2D eigenvalue weighted by atomic mass is 9.71. The molecular formula is C52H95N3O6. The number of allylic oxidation sites excluding steroid dienone is 4. The Morgan fingerprint density at radius 3 is 1.52 bits per heavy atom. The van der Waals surface area contributed by atoms with Crippen LogP contribution >= 0.6 is 0 Å². The van der Waals surface area contributed by atoms with Gasteiger partial charge in [-0.15, -0.1) is 0 Å². The van der Waals surface area contributed by atoms with Crippen LogP contribution in [-0.4, -0.2) is 76.5 Å². The molecule has 2 aliphatic rings. The Labute approximate surface area is 374 Å². The number of nitrogens with one attached hydrogen (secondary N) is 3. The van der Waals surface area contributed by atoms with Gasteiger partial charge in [-0.05, 0) is 134 Å². The molecule has 1 atom stereocenters. The summed E-state index contributed by atoms with van der Waals surface area (Å²) in [5, 5.41) is 9.13. The molecule has 0 bridgehead atoms. The van der Waals surface area contributed by atoms with Crippen molar-refractivity contribution >= 4 is 17.7 Å². The van der Waals surface area contributed by atoms with Crippen molar-refractivity contribution in [3.63, 3.8) is 0 Å². The fraction of sp³-hybridized carbons (Fsp3) is 0.865. The molecule has 2 rings (SSSR count). The van der Waals surface area contributed by atoms with Crippen molar-refractivity contribution in [2.24, 2.45) is 10.8 Å². The second-order valence-electron chi connectivity index (χ2n) is 19.7. The average Bonchev–Trinajstić information content (AvgIpc) is 3.21. The summed E-state index contributed by atoms with van der Waals surface area (Å²) >= 11 is 0. The van der Waals surface area contributed by atoms with Crippen LogP contribution in [0, 0.1) is 10.8 Å². The van der Waals surface area contributed by atoms with E-state index in [1.165, 1.54) is 96.3 Å². The summed E-state index contributed by atoms with van der Waals surface area (Å²) in [6.07, 6.45) is 28.8. The predicted molar refractivity (Wildman–Crippen MR) is 254 cm³/mol. The smallest absolute Gasteiger partial charge is 0.242 e. The largest absolute Gasteiger partial charge is 0.379 e. The minimum absolute atomic E-state index is 0.0560. The van der Waals surface area contributed by atoms with E-state index in [1.807, 2.05) is 0 Å². The van der Waals surface area contributed by atoms with Crippen LogP contribution in [0.5, 0.6) is 0 Å². The van der Waals surface area contributed by atoms with Gasteiger partial charge in [-0.3, -0.25) is 14.4 Å². The number of hydrogen-bond donors (Lipinski definition) is 3. The van der Waals surface area contributed by atoms with Gasteiger partial charge in [0.25, 0.3) is 0 Å². The van der Waals surface area contributed by atoms with E-state index in [4.69, 9.17) is 14.2 Å². The Kier molecular flexibility index (Phi) is 30.0. The van der Waals surface area contributed by atoms with Gasteiger partial charge >= 0.3 is 0 Å². The zero-order chi connectivity index (χ0) is 44.6. The first-order chi connectivity index (χ1) is 29.4. The Morgan fingerprint density at radius 2 is 1.00 bits per heavy atom. The van der Waals surface area contributed by atoms with Crippen molar-refractivity contribution in [3.8, 4) is 0 Å². The maximum Gasteiger partial charge on any atom is 0.242 e. The number of rotatable bonds is 37. The van der Waals surface area contributed by atoms with Crippen molar-refractivity contribution in [2.75, 3.05) is 52.7 Å². The number of amides is 3. The monoisotopic (exact) mass is 858 g/mol. The van der Waals surface area contributed by atoms with Crippen LogP contribution in [0.15, 0.2) is 22.3 Å². The average molecular weight is 858 g/mol. The summed E-state index contributed by atoms with van der Waals surface area (Å²) in [7, 11) is 0. The summed E-state index contributed by atoms with van der Waals surface area (Å²) < 4.78 is 16.6. The molecule has 0 aliphatic heterocycles. The van der Waals surface area contributed by atoms with Crippen LogP contribution < -0.4 is 16.0 Å². The molecule has 2 aliphatic carbocycles. The first-order valence-electron chi connectivity index (χ1n) is 25.3. The van der Waals surface area contributed by atoms with Crippen molar-refractivity contribution in [1.29, 1.82) is 0 Å². The van der Waals surface area contributed by atoms with Crippen LogP contribution in [0.3, 0.4) is 0 Å². The van der Waals surface area contributed by atoms with E-state index in [9.17, 15) is 14.4 Å². The van der Waals surface area contributed by atoms with Gasteiger partial charge in [-0.1, -0.05) is 108 Å². The van der Waals surface area contributed by atoms with Crippen LogP contribution in [0.25, 0.3) is 0 Å². The Morgan fingerprint density at radius 1 is 0.541 bits per heavy atom. The molecule has 3 amide bonds. The highest BCUT2D eigenvalue weighted by Gasteiger charge is 2.28. The van der Waals surface area contributed by atoms with Crippen molar-refractivity contribution < 1.29 is 28.6 Å². The number of ether oxygens (including phenoxy) is 3. The molecule has 0 fully saturated rings. The molecule has 0 heterocycles. The Bertz CT molecular complexity index is 1270. The van der Waals surface area contributed by atoms with Gasteiger partial charge in [-0.25, -0.2) is 0 Å². The third-order valence-electron chi connectivity index (χ3n) is 13.3.